The van der Waals surface area contributed by atoms with Crippen molar-refractivity contribution in [2.45, 2.75) is 13.0 Å². The molecule has 0 fully saturated rings. The molecule has 0 spiro atoms. The van der Waals surface area contributed by atoms with Crippen molar-refractivity contribution >= 4 is 6.29 Å². The van der Waals surface area contributed by atoms with E-state index in [0.717, 1.165) is 0 Å². The van der Waals surface area contributed by atoms with Crippen molar-refractivity contribution in [2.75, 3.05) is 0 Å². The second-order valence-corrected chi connectivity index (χ2v) is 3.87. The maximum atomic E-state index is 13.5. The number of imidazole rings is 1. The molecule has 1 aromatic heterocycles. The Morgan fingerprint density at radius 1 is 1.56 bits per heavy atom. The number of nitrogens with zero attached hydrogens (tertiary/aromatic N) is 3. The molecule has 0 aliphatic rings. The van der Waals surface area contributed by atoms with Crippen LogP contribution < -0.4 is 0 Å². The molecule has 1 unspecified atom stereocenters. The van der Waals surface area contributed by atoms with Crippen LogP contribution in [-0.4, -0.2) is 15.8 Å². The van der Waals surface area contributed by atoms with E-state index in [1.54, 1.807) is 16.7 Å². The number of hydrogen-bond acceptors (Lipinski definition) is 3. The first-order valence-electron chi connectivity index (χ1n) is 5.34. The highest BCUT2D eigenvalue weighted by atomic mass is 19.1. The van der Waals surface area contributed by atoms with E-state index in [0.29, 0.717) is 17.5 Å². The zero-order chi connectivity index (χ0) is 13.1. The topological polar surface area (TPSA) is 58.7 Å². The van der Waals surface area contributed by atoms with Crippen LogP contribution in [0, 0.1) is 17.1 Å². The highest BCUT2D eigenvalue weighted by Crippen LogP contribution is 2.21. The van der Waals surface area contributed by atoms with E-state index < -0.39 is 5.82 Å². The van der Waals surface area contributed by atoms with Gasteiger partial charge >= 0.3 is 0 Å². The van der Waals surface area contributed by atoms with Crippen molar-refractivity contribution in [3.8, 4) is 6.07 Å². The first-order chi connectivity index (χ1) is 8.67. The lowest BCUT2D eigenvalue weighted by Gasteiger charge is -2.15. The van der Waals surface area contributed by atoms with Crippen LogP contribution in [0.2, 0.25) is 0 Å². The van der Waals surface area contributed by atoms with Crippen LogP contribution in [0.4, 0.5) is 4.39 Å². The zero-order valence-corrected chi connectivity index (χ0v) is 9.67. The summed E-state index contributed by atoms with van der Waals surface area (Å²) in [6.07, 6.45) is 3.66. The second kappa shape index (κ2) is 4.80. The fourth-order valence-corrected chi connectivity index (χ4v) is 1.77. The molecular weight excluding hydrogens is 233 g/mol. The Hall–Kier alpha value is -2.48. The molecule has 0 bridgehead atoms. The minimum atomic E-state index is -0.561. The molecule has 1 aromatic carbocycles. The van der Waals surface area contributed by atoms with Gasteiger partial charge in [0.05, 0.1) is 24.1 Å². The molecule has 0 amide bonds. The molecular formula is C13H10FN3O. The van der Waals surface area contributed by atoms with Crippen LogP contribution >= 0.6 is 0 Å². The first kappa shape index (κ1) is 12.0. The number of carbonyl (C=O) groups excluding carboxylic acids is 1. The average molecular weight is 243 g/mol. The van der Waals surface area contributed by atoms with Crippen LogP contribution in [0.1, 0.15) is 34.6 Å². The number of nitriles is 1. The summed E-state index contributed by atoms with van der Waals surface area (Å²) in [5, 5.41) is 8.66. The minimum Gasteiger partial charge on any atom is -0.321 e. The summed E-state index contributed by atoms with van der Waals surface area (Å²) in [5.41, 5.74) is 1.10. The predicted molar refractivity (Wildman–Crippen MR) is 62.5 cm³/mol. The summed E-state index contributed by atoms with van der Waals surface area (Å²) in [6.45, 7) is 1.83. The van der Waals surface area contributed by atoms with E-state index in [2.05, 4.69) is 4.98 Å². The zero-order valence-electron chi connectivity index (χ0n) is 9.67. The van der Waals surface area contributed by atoms with E-state index >= 15 is 0 Å². The Labute approximate surface area is 103 Å². The smallest absolute Gasteiger partial charge is 0.168 e. The van der Waals surface area contributed by atoms with Crippen molar-refractivity contribution in [3.05, 3.63) is 53.4 Å². The van der Waals surface area contributed by atoms with Crippen molar-refractivity contribution in [1.29, 1.82) is 5.26 Å². The van der Waals surface area contributed by atoms with Gasteiger partial charge < -0.3 is 4.57 Å². The van der Waals surface area contributed by atoms with Crippen molar-refractivity contribution < 1.29 is 9.18 Å². The predicted octanol–water partition coefficient (Wildman–Crippen LogP) is 2.32. The molecule has 1 atom stereocenters. The summed E-state index contributed by atoms with van der Waals surface area (Å²) in [7, 11) is 0. The molecule has 4 nitrogen and oxygen atoms in total. The van der Waals surface area contributed by atoms with Gasteiger partial charge in [-0.1, -0.05) is 6.07 Å². The summed E-state index contributed by atoms with van der Waals surface area (Å²) in [5.74, 6) is -0.561. The molecule has 18 heavy (non-hydrogen) atoms. The average Bonchev–Trinajstić information content (AvgIpc) is 2.86. The van der Waals surface area contributed by atoms with Crippen molar-refractivity contribution in [1.82, 2.24) is 9.55 Å². The Morgan fingerprint density at radius 2 is 2.33 bits per heavy atom. The number of benzene rings is 1. The molecule has 0 saturated heterocycles. The normalized spacial score (nSPS) is 11.8. The van der Waals surface area contributed by atoms with Gasteiger partial charge in [0.25, 0.3) is 0 Å². The van der Waals surface area contributed by atoms with Crippen molar-refractivity contribution in [2.24, 2.45) is 0 Å². The van der Waals surface area contributed by atoms with E-state index in [1.165, 1.54) is 24.7 Å². The molecule has 0 aliphatic carbocycles. The summed E-state index contributed by atoms with van der Waals surface area (Å²) in [4.78, 5) is 14.7. The van der Waals surface area contributed by atoms with Gasteiger partial charge in [-0.25, -0.2) is 9.37 Å². The second-order valence-electron chi connectivity index (χ2n) is 3.87. The molecule has 5 heteroatoms. The molecule has 1 heterocycles. The number of rotatable bonds is 3. The van der Waals surface area contributed by atoms with Crippen LogP contribution in [0.15, 0.2) is 30.7 Å². The summed E-state index contributed by atoms with van der Waals surface area (Å²) < 4.78 is 15.2. The van der Waals surface area contributed by atoms with Gasteiger partial charge in [-0.05, 0) is 24.6 Å². The third-order valence-electron chi connectivity index (χ3n) is 2.83. The van der Waals surface area contributed by atoms with Gasteiger partial charge in [-0.15, -0.1) is 0 Å². The molecule has 2 aromatic rings. The van der Waals surface area contributed by atoms with Gasteiger partial charge in [0.2, 0.25) is 0 Å². The molecule has 0 radical (unpaired) electrons. The van der Waals surface area contributed by atoms with Crippen molar-refractivity contribution in [3.63, 3.8) is 0 Å². The monoisotopic (exact) mass is 243 g/mol. The van der Waals surface area contributed by atoms with Gasteiger partial charge in [-0.3, -0.25) is 4.79 Å². The number of carbonyl (C=O) groups is 1. The molecule has 90 valence electrons. The largest absolute Gasteiger partial charge is 0.321 e. The minimum absolute atomic E-state index is 0.00666. The summed E-state index contributed by atoms with van der Waals surface area (Å²) >= 11 is 0. The van der Waals surface area contributed by atoms with Crippen LogP contribution in [-0.2, 0) is 0 Å². The summed E-state index contributed by atoms with van der Waals surface area (Å²) in [6, 6.07) is 5.94. The fourth-order valence-electron chi connectivity index (χ4n) is 1.77. The van der Waals surface area contributed by atoms with Crippen LogP contribution in [0.5, 0.6) is 0 Å². The van der Waals surface area contributed by atoms with Gasteiger partial charge in [0, 0.05) is 0 Å². The van der Waals surface area contributed by atoms with E-state index in [1.807, 2.05) is 6.92 Å². The number of aromatic nitrogens is 2. The Kier molecular flexibility index (Phi) is 3.20. The SMILES string of the molecule is CC(c1ccc(C#N)c(F)c1)n1cncc1C=O. The number of aldehydes is 1. The third-order valence-corrected chi connectivity index (χ3v) is 2.83. The fraction of sp³-hybridized carbons (Fsp3) is 0.154. The first-order valence-corrected chi connectivity index (χ1v) is 5.34. The Morgan fingerprint density at radius 3 is 2.94 bits per heavy atom. The Bertz CT molecular complexity index is 627. The molecule has 0 aliphatic heterocycles. The Balaban J connectivity index is 2.41. The van der Waals surface area contributed by atoms with Crippen LogP contribution in [0.3, 0.4) is 0 Å². The van der Waals surface area contributed by atoms with E-state index in [9.17, 15) is 9.18 Å². The van der Waals surface area contributed by atoms with E-state index in [-0.39, 0.29) is 11.6 Å². The lowest BCUT2D eigenvalue weighted by Crippen LogP contribution is -2.09. The molecule has 2 rings (SSSR count). The number of halogens is 1. The maximum Gasteiger partial charge on any atom is 0.168 e. The third kappa shape index (κ3) is 2.00. The highest BCUT2D eigenvalue weighted by molar-refractivity contribution is 5.71. The quantitative estimate of drug-likeness (QED) is 0.777. The maximum absolute atomic E-state index is 13.5. The highest BCUT2D eigenvalue weighted by Gasteiger charge is 2.13. The van der Waals surface area contributed by atoms with Gasteiger partial charge in [0.15, 0.2) is 6.29 Å². The lowest BCUT2D eigenvalue weighted by molar-refractivity contribution is 0.111. The molecule has 0 N–H and O–H groups in total. The van der Waals surface area contributed by atoms with E-state index in [4.69, 9.17) is 5.26 Å². The molecule has 0 saturated carbocycles. The van der Waals surface area contributed by atoms with Gasteiger partial charge in [0.1, 0.15) is 17.6 Å². The standard InChI is InChI=1S/C13H10FN3O/c1-9(17-8-16-6-12(17)7-18)10-2-3-11(5-15)13(14)4-10/h2-4,6-9H,1H3. The lowest BCUT2D eigenvalue weighted by atomic mass is 10.1. The number of hydrogen-bond donors (Lipinski definition) is 0. The van der Waals surface area contributed by atoms with Gasteiger partial charge in [-0.2, -0.15) is 5.26 Å². The van der Waals surface area contributed by atoms with Crippen LogP contribution in [0.25, 0.3) is 0 Å².